The first kappa shape index (κ1) is 26.4. The molecule has 1 fully saturated rings. The van der Waals surface area contributed by atoms with Crippen molar-refractivity contribution in [2.45, 2.75) is 3.54 Å². The molecule has 1 aliphatic heterocycles. The van der Waals surface area contributed by atoms with Gasteiger partial charge >= 0.3 is 0 Å². The fourth-order valence-corrected chi connectivity index (χ4v) is 4.19. The lowest BCUT2D eigenvalue weighted by molar-refractivity contribution is 0.312. The van der Waals surface area contributed by atoms with Gasteiger partial charge in [0.25, 0.3) is 0 Å². The minimum absolute atomic E-state index is 0.843. The second-order valence-corrected chi connectivity index (χ2v) is 11.6. The van der Waals surface area contributed by atoms with Crippen LogP contribution in [0.5, 0.6) is 0 Å². The summed E-state index contributed by atoms with van der Waals surface area (Å²) in [7, 11) is 4.01. The second kappa shape index (κ2) is 11.6. The molecule has 1 N–H and O–H groups in total. The van der Waals surface area contributed by atoms with Crippen molar-refractivity contribution in [3.05, 3.63) is 73.3 Å². The van der Waals surface area contributed by atoms with E-state index in [1.54, 1.807) is 10.9 Å². The van der Waals surface area contributed by atoms with Gasteiger partial charge in [-0.05, 0) is 47.8 Å². The van der Waals surface area contributed by atoms with Crippen LogP contribution in [0.2, 0.25) is 0 Å². The van der Waals surface area contributed by atoms with Crippen LogP contribution in [0.1, 0.15) is 5.56 Å². The summed E-state index contributed by atoms with van der Waals surface area (Å²) in [6.07, 6.45) is 9.22. The number of likely N-dealkylation sites (N-methyl/N-ethyl adjacent to an activating group) is 1. The maximum Gasteiger partial charge on any atom is 0.192 e. The van der Waals surface area contributed by atoms with E-state index in [2.05, 4.69) is 93.8 Å². The van der Waals surface area contributed by atoms with Crippen molar-refractivity contribution < 1.29 is 0 Å². The van der Waals surface area contributed by atoms with Crippen LogP contribution < -0.4 is 10.2 Å². The summed E-state index contributed by atoms with van der Waals surface area (Å²) < 4.78 is 0.672. The van der Waals surface area contributed by atoms with Gasteiger partial charge in [0, 0.05) is 62.8 Å². The third-order valence-corrected chi connectivity index (χ3v) is 6.65. The summed E-state index contributed by atoms with van der Waals surface area (Å²) in [6.45, 7) is 8.12. The molecule has 1 saturated heterocycles. The molecule has 0 atom stereocenters. The topological polar surface area (TPSA) is 62.1 Å². The van der Waals surface area contributed by atoms with Crippen molar-refractivity contribution in [2.24, 2.45) is 0 Å². The molecule has 0 radical (unpaired) electrons. The van der Waals surface area contributed by atoms with E-state index in [4.69, 9.17) is 0 Å². The summed E-state index contributed by atoms with van der Waals surface area (Å²) in [4.78, 5) is 13.4. The molecule has 0 bridgehead atoms. The van der Waals surface area contributed by atoms with E-state index in [1.807, 2.05) is 56.0 Å². The number of hydrogen-bond donors (Lipinski definition) is 4. The monoisotopic (exact) mass is 537 g/mol. The third-order valence-electron chi connectivity index (χ3n) is 6.03. The zero-order chi connectivity index (χ0) is 25.7. The molecule has 3 aromatic heterocycles. The van der Waals surface area contributed by atoms with Gasteiger partial charge in [-0.15, -0.1) is 37.9 Å². The van der Waals surface area contributed by atoms with Gasteiger partial charge in [0.05, 0.1) is 6.20 Å². The number of piperazine rings is 1. The summed E-state index contributed by atoms with van der Waals surface area (Å²) in [5, 5.41) is 9.50. The van der Waals surface area contributed by atoms with Crippen molar-refractivity contribution in [1.82, 2.24) is 24.6 Å². The van der Waals surface area contributed by atoms with Gasteiger partial charge in [-0.2, -0.15) is 5.10 Å². The van der Waals surface area contributed by atoms with Crippen molar-refractivity contribution in [3.8, 4) is 11.1 Å². The zero-order valence-corrected chi connectivity index (χ0v) is 23.1. The molecule has 188 valence electrons. The van der Waals surface area contributed by atoms with Crippen LogP contribution in [0.3, 0.4) is 0 Å². The van der Waals surface area contributed by atoms with E-state index >= 15 is 0 Å². The molecule has 1 aromatic carbocycles. The Hall–Kier alpha value is -2.66. The van der Waals surface area contributed by atoms with E-state index in [1.165, 1.54) is 0 Å². The number of pyridine rings is 2. The smallest absolute Gasteiger partial charge is 0.192 e. The number of hydrogen-bond acceptors (Lipinski definition) is 9. The minimum atomic E-state index is -0.918. The van der Waals surface area contributed by atoms with Crippen LogP contribution in [0.4, 0.5) is 11.6 Å². The highest BCUT2D eigenvalue weighted by Gasteiger charge is 2.18. The normalized spacial score (nSPS) is 14.3. The molecule has 1 aliphatic rings. The summed E-state index contributed by atoms with van der Waals surface area (Å²) in [5.41, 5.74) is 3.20. The molecular formula is C26H31N7S3. The maximum absolute atomic E-state index is 4.40. The van der Waals surface area contributed by atoms with Crippen LogP contribution in [0, 0.1) is 0 Å². The number of nitrogens with zero attached hydrogens (tertiary/aromatic N) is 6. The van der Waals surface area contributed by atoms with Gasteiger partial charge < -0.3 is 15.1 Å². The quantitative estimate of drug-likeness (QED) is 0.213. The number of benzene rings is 1. The summed E-state index contributed by atoms with van der Waals surface area (Å²) in [6, 6.07) is 12.3. The van der Waals surface area contributed by atoms with Gasteiger partial charge in [0.1, 0.15) is 11.6 Å². The Labute approximate surface area is 228 Å². The fraction of sp³-hybridized carbons (Fsp3) is 0.269. The predicted octanol–water partition coefficient (Wildman–Crippen LogP) is 4.97. The lowest BCUT2D eigenvalue weighted by Crippen LogP contribution is -2.44. The van der Waals surface area contributed by atoms with Crippen LogP contribution >= 0.6 is 37.9 Å². The van der Waals surface area contributed by atoms with Crippen molar-refractivity contribution >= 4 is 66.4 Å². The molecule has 10 heteroatoms. The number of fused-ring (bicyclic) bond motifs is 1. The second-order valence-electron chi connectivity index (χ2n) is 8.60. The Balaban J connectivity index is 0.000000179. The van der Waals surface area contributed by atoms with Crippen LogP contribution in [0.15, 0.2) is 67.8 Å². The Morgan fingerprint density at radius 3 is 2.39 bits per heavy atom. The van der Waals surface area contributed by atoms with Gasteiger partial charge in [-0.25, -0.2) is 14.6 Å². The average molecular weight is 538 g/mol. The SMILES string of the molecule is C=Cc1ccnc(N2CCN(C)CC2)c1.CNc1cc2cc(-c3cnn(C(S)(S)S)c3)ccc2cn1. The Kier molecular flexibility index (Phi) is 8.50. The molecule has 0 saturated carbocycles. The number of anilines is 2. The first-order valence-corrected chi connectivity index (χ1v) is 12.9. The molecule has 0 spiro atoms. The number of nitrogens with one attached hydrogen (secondary N) is 1. The lowest BCUT2D eigenvalue weighted by atomic mass is 10.1. The predicted molar refractivity (Wildman–Crippen MR) is 161 cm³/mol. The van der Waals surface area contributed by atoms with Crippen molar-refractivity contribution in [1.29, 1.82) is 0 Å². The van der Waals surface area contributed by atoms with Gasteiger partial charge in [0.15, 0.2) is 3.54 Å². The van der Waals surface area contributed by atoms with Crippen LogP contribution in [0.25, 0.3) is 28.0 Å². The zero-order valence-electron chi connectivity index (χ0n) is 20.4. The fourth-order valence-electron chi connectivity index (χ4n) is 3.86. The van der Waals surface area contributed by atoms with Gasteiger partial charge in [-0.3, -0.25) is 0 Å². The highest BCUT2D eigenvalue weighted by atomic mass is 32.2. The number of rotatable bonds is 5. The molecule has 0 aliphatic carbocycles. The van der Waals surface area contributed by atoms with Crippen LogP contribution in [-0.2, 0) is 3.54 Å². The Bertz CT molecular complexity index is 1320. The number of thiol groups is 3. The molecule has 7 nitrogen and oxygen atoms in total. The number of aromatic nitrogens is 4. The molecule has 0 amide bonds. The summed E-state index contributed by atoms with van der Waals surface area (Å²) in [5.74, 6) is 1.91. The van der Waals surface area contributed by atoms with Gasteiger partial charge in [0.2, 0.25) is 0 Å². The van der Waals surface area contributed by atoms with E-state index < -0.39 is 3.54 Å². The molecule has 36 heavy (non-hydrogen) atoms. The highest BCUT2D eigenvalue weighted by molar-refractivity contribution is 8.15. The van der Waals surface area contributed by atoms with E-state index in [-0.39, 0.29) is 0 Å². The highest BCUT2D eigenvalue weighted by Crippen LogP contribution is 2.32. The molecule has 4 heterocycles. The van der Waals surface area contributed by atoms with Crippen molar-refractivity contribution in [2.75, 3.05) is 50.5 Å². The van der Waals surface area contributed by atoms with Crippen LogP contribution in [-0.4, -0.2) is 64.9 Å². The lowest BCUT2D eigenvalue weighted by Gasteiger charge is -2.33. The molecular weight excluding hydrogens is 507 g/mol. The first-order valence-electron chi connectivity index (χ1n) is 11.6. The van der Waals surface area contributed by atoms with Crippen molar-refractivity contribution in [3.63, 3.8) is 0 Å². The van der Waals surface area contributed by atoms with E-state index in [0.717, 1.165) is 65.3 Å². The Morgan fingerprint density at radius 1 is 0.944 bits per heavy atom. The summed E-state index contributed by atoms with van der Waals surface area (Å²) >= 11 is 12.8. The third kappa shape index (κ3) is 6.56. The molecule has 5 rings (SSSR count). The van der Waals surface area contributed by atoms with E-state index in [9.17, 15) is 0 Å². The first-order chi connectivity index (χ1) is 17.3. The Morgan fingerprint density at radius 2 is 1.72 bits per heavy atom. The average Bonchev–Trinajstić information content (AvgIpc) is 3.40. The van der Waals surface area contributed by atoms with Gasteiger partial charge in [-0.1, -0.05) is 24.8 Å². The maximum atomic E-state index is 4.40. The minimum Gasteiger partial charge on any atom is -0.373 e. The largest absolute Gasteiger partial charge is 0.373 e. The van der Waals surface area contributed by atoms with E-state index in [0.29, 0.717) is 0 Å². The molecule has 0 unspecified atom stereocenters. The standard InChI is InChI=1S/C14H14N4S3.C12H17N3/c1-15-13-5-11-4-9(2-3-10(11)6-16-13)12-7-17-18(8-12)14(19,20)21;1-3-11-4-5-13-12(10-11)15-8-6-14(2)7-9-15/h2-8,19-21H,1H3,(H,15,16);3-5,10H,1,6-9H2,2H3. The molecule has 4 aromatic rings.